The second-order valence-corrected chi connectivity index (χ2v) is 5.34. The highest BCUT2D eigenvalue weighted by Gasteiger charge is 2.21. The molecule has 124 valence electrons. The van der Waals surface area contributed by atoms with Gasteiger partial charge in [0, 0.05) is 39.0 Å². The minimum absolute atomic E-state index is 0.0914. The highest BCUT2D eigenvalue weighted by atomic mass is 16.5. The van der Waals surface area contributed by atoms with Gasteiger partial charge in [-0.25, -0.2) is 9.78 Å². The van der Waals surface area contributed by atoms with Gasteiger partial charge in [-0.15, -0.1) is 0 Å². The second kappa shape index (κ2) is 8.96. The number of aromatic nitrogens is 1. The van der Waals surface area contributed by atoms with Crippen LogP contribution in [0.3, 0.4) is 0 Å². The zero-order chi connectivity index (χ0) is 16.5. The highest BCUT2D eigenvalue weighted by molar-refractivity contribution is 5.74. The summed E-state index contributed by atoms with van der Waals surface area (Å²) >= 11 is 0. The standard InChI is InChI=1S/C16H23N5O2/c1-2-21(12-14-6-4-10-23-14)16(22)20-9-8-19-15-13(11-17)5-3-7-18-15/h3,5,7,14H,2,4,6,8-10,12H2,1H3,(H,18,19)(H,20,22)/t14-/m1/s1. The van der Waals surface area contributed by atoms with Gasteiger partial charge in [0.1, 0.15) is 11.9 Å². The van der Waals surface area contributed by atoms with E-state index in [2.05, 4.69) is 21.7 Å². The number of carbonyl (C=O) groups excluding carboxylic acids is 1. The fourth-order valence-electron chi connectivity index (χ4n) is 2.49. The molecule has 0 spiro atoms. The Morgan fingerprint density at radius 1 is 1.57 bits per heavy atom. The van der Waals surface area contributed by atoms with E-state index < -0.39 is 0 Å². The maximum atomic E-state index is 12.2. The first-order valence-electron chi connectivity index (χ1n) is 7.98. The number of urea groups is 1. The molecule has 1 atom stereocenters. The van der Waals surface area contributed by atoms with Crippen molar-refractivity contribution >= 4 is 11.8 Å². The summed E-state index contributed by atoms with van der Waals surface area (Å²) in [6.07, 6.45) is 3.87. The smallest absolute Gasteiger partial charge is 0.317 e. The van der Waals surface area contributed by atoms with Gasteiger partial charge in [0.05, 0.1) is 11.7 Å². The van der Waals surface area contributed by atoms with E-state index in [9.17, 15) is 4.79 Å². The summed E-state index contributed by atoms with van der Waals surface area (Å²) in [7, 11) is 0. The lowest BCUT2D eigenvalue weighted by atomic mass is 10.2. The number of nitriles is 1. The summed E-state index contributed by atoms with van der Waals surface area (Å²) in [5.41, 5.74) is 0.493. The van der Waals surface area contributed by atoms with Gasteiger partial charge in [0.25, 0.3) is 0 Å². The molecule has 0 aliphatic carbocycles. The molecule has 2 amide bonds. The lowest BCUT2D eigenvalue weighted by Crippen LogP contribution is -2.44. The molecule has 7 nitrogen and oxygen atoms in total. The molecule has 1 aliphatic heterocycles. The Balaban J connectivity index is 1.72. The van der Waals surface area contributed by atoms with Crippen molar-refractivity contribution in [3.8, 4) is 6.07 Å². The van der Waals surface area contributed by atoms with Gasteiger partial charge < -0.3 is 20.3 Å². The van der Waals surface area contributed by atoms with Gasteiger partial charge in [-0.05, 0) is 31.9 Å². The molecule has 1 aliphatic rings. The van der Waals surface area contributed by atoms with E-state index in [1.807, 2.05) is 6.92 Å². The Morgan fingerprint density at radius 3 is 3.13 bits per heavy atom. The van der Waals surface area contributed by atoms with Gasteiger partial charge in [-0.3, -0.25) is 0 Å². The number of ether oxygens (including phenoxy) is 1. The number of amides is 2. The third kappa shape index (κ3) is 5.11. The van der Waals surface area contributed by atoms with Crippen molar-refractivity contribution < 1.29 is 9.53 Å². The van der Waals surface area contributed by atoms with Crippen molar-refractivity contribution in [2.45, 2.75) is 25.9 Å². The fraction of sp³-hybridized carbons (Fsp3) is 0.562. The van der Waals surface area contributed by atoms with Crippen molar-refractivity contribution in [3.05, 3.63) is 23.9 Å². The van der Waals surface area contributed by atoms with Crippen molar-refractivity contribution in [1.82, 2.24) is 15.2 Å². The number of rotatable bonds is 7. The Kier molecular flexibility index (Phi) is 6.63. The Hall–Kier alpha value is -2.33. The third-order valence-corrected chi connectivity index (χ3v) is 3.74. The van der Waals surface area contributed by atoms with Crippen LogP contribution in [-0.2, 0) is 4.74 Å². The molecule has 2 N–H and O–H groups in total. The first-order valence-corrected chi connectivity index (χ1v) is 7.98. The van der Waals surface area contributed by atoms with Crippen LogP contribution in [0.1, 0.15) is 25.3 Å². The van der Waals surface area contributed by atoms with Crippen molar-refractivity contribution in [3.63, 3.8) is 0 Å². The summed E-state index contributed by atoms with van der Waals surface area (Å²) in [6, 6.07) is 5.41. The largest absolute Gasteiger partial charge is 0.376 e. The normalized spacial score (nSPS) is 16.6. The van der Waals surface area contributed by atoms with E-state index in [4.69, 9.17) is 10.00 Å². The van der Waals surface area contributed by atoms with Crippen LogP contribution >= 0.6 is 0 Å². The minimum atomic E-state index is -0.0914. The number of hydrogen-bond acceptors (Lipinski definition) is 5. The Bertz CT molecular complexity index is 552. The van der Waals surface area contributed by atoms with E-state index in [1.165, 1.54) is 0 Å². The van der Waals surface area contributed by atoms with Crippen LogP contribution in [0.5, 0.6) is 0 Å². The summed E-state index contributed by atoms with van der Waals surface area (Å²) in [5.74, 6) is 0.538. The van der Waals surface area contributed by atoms with Gasteiger partial charge in [0.15, 0.2) is 0 Å². The van der Waals surface area contributed by atoms with Crippen molar-refractivity contribution in [2.24, 2.45) is 0 Å². The monoisotopic (exact) mass is 317 g/mol. The average molecular weight is 317 g/mol. The molecule has 0 saturated carbocycles. The van der Waals surface area contributed by atoms with E-state index in [0.29, 0.717) is 37.6 Å². The van der Waals surface area contributed by atoms with Crippen LogP contribution in [-0.4, -0.2) is 54.8 Å². The molecular formula is C16H23N5O2. The number of carbonyl (C=O) groups is 1. The quantitative estimate of drug-likeness (QED) is 0.745. The van der Waals surface area contributed by atoms with Crippen LogP contribution < -0.4 is 10.6 Å². The van der Waals surface area contributed by atoms with Crippen LogP contribution in [0.4, 0.5) is 10.6 Å². The summed E-state index contributed by atoms with van der Waals surface area (Å²) in [4.78, 5) is 18.0. The highest BCUT2D eigenvalue weighted by Crippen LogP contribution is 2.13. The lowest BCUT2D eigenvalue weighted by Gasteiger charge is -2.24. The van der Waals surface area contributed by atoms with E-state index in [-0.39, 0.29) is 12.1 Å². The summed E-state index contributed by atoms with van der Waals surface area (Å²) < 4.78 is 5.57. The molecule has 2 rings (SSSR count). The maximum Gasteiger partial charge on any atom is 0.317 e. The number of hydrogen-bond donors (Lipinski definition) is 2. The Labute approximate surface area is 136 Å². The van der Waals surface area contributed by atoms with E-state index in [0.717, 1.165) is 19.4 Å². The number of nitrogens with one attached hydrogen (secondary N) is 2. The molecule has 1 aromatic heterocycles. The predicted octanol–water partition coefficient (Wildman–Crippen LogP) is 1.58. The van der Waals surface area contributed by atoms with Gasteiger partial charge in [-0.1, -0.05) is 0 Å². The fourth-order valence-corrected chi connectivity index (χ4v) is 2.49. The van der Waals surface area contributed by atoms with Gasteiger partial charge >= 0.3 is 6.03 Å². The number of likely N-dealkylation sites (N-methyl/N-ethyl adjacent to an activating group) is 1. The molecule has 2 heterocycles. The summed E-state index contributed by atoms with van der Waals surface area (Å²) in [5, 5.41) is 14.9. The molecule has 1 fully saturated rings. The topological polar surface area (TPSA) is 90.3 Å². The molecule has 1 aromatic rings. The van der Waals surface area contributed by atoms with Crippen LogP contribution in [0.2, 0.25) is 0 Å². The van der Waals surface area contributed by atoms with Crippen LogP contribution in [0.15, 0.2) is 18.3 Å². The average Bonchev–Trinajstić information content (AvgIpc) is 3.09. The zero-order valence-electron chi connectivity index (χ0n) is 13.4. The third-order valence-electron chi connectivity index (χ3n) is 3.74. The number of nitrogens with zero attached hydrogens (tertiary/aromatic N) is 3. The first kappa shape index (κ1) is 17.0. The Morgan fingerprint density at radius 2 is 2.43 bits per heavy atom. The van der Waals surface area contributed by atoms with Crippen molar-refractivity contribution in [2.75, 3.05) is 38.1 Å². The van der Waals surface area contributed by atoms with Gasteiger partial charge in [0.2, 0.25) is 0 Å². The first-order chi connectivity index (χ1) is 11.2. The molecule has 0 bridgehead atoms. The molecular weight excluding hydrogens is 294 g/mol. The van der Waals surface area contributed by atoms with Crippen LogP contribution in [0.25, 0.3) is 0 Å². The van der Waals surface area contributed by atoms with E-state index >= 15 is 0 Å². The molecule has 23 heavy (non-hydrogen) atoms. The minimum Gasteiger partial charge on any atom is -0.376 e. The lowest BCUT2D eigenvalue weighted by molar-refractivity contribution is 0.0827. The van der Waals surface area contributed by atoms with Crippen molar-refractivity contribution in [1.29, 1.82) is 5.26 Å². The molecule has 7 heteroatoms. The zero-order valence-corrected chi connectivity index (χ0v) is 13.4. The number of pyridine rings is 1. The SMILES string of the molecule is CCN(C[C@H]1CCCO1)C(=O)NCCNc1ncccc1C#N. The molecule has 0 aromatic carbocycles. The molecule has 0 unspecified atom stereocenters. The summed E-state index contributed by atoms with van der Waals surface area (Å²) in [6.45, 7) is 5.00. The van der Waals surface area contributed by atoms with Gasteiger partial charge in [-0.2, -0.15) is 5.26 Å². The molecule has 1 saturated heterocycles. The predicted molar refractivity (Wildman–Crippen MR) is 87.1 cm³/mol. The molecule has 0 radical (unpaired) electrons. The number of anilines is 1. The van der Waals surface area contributed by atoms with Crippen LogP contribution in [0, 0.1) is 11.3 Å². The maximum absolute atomic E-state index is 12.2. The second-order valence-electron chi connectivity index (χ2n) is 5.34. The van der Waals surface area contributed by atoms with E-state index in [1.54, 1.807) is 23.2 Å².